The summed E-state index contributed by atoms with van der Waals surface area (Å²) in [6.45, 7) is 3.92. The summed E-state index contributed by atoms with van der Waals surface area (Å²) in [4.78, 5) is 8.81. The van der Waals surface area contributed by atoms with E-state index in [2.05, 4.69) is 22.2 Å². The van der Waals surface area contributed by atoms with Gasteiger partial charge in [-0.2, -0.15) is 0 Å². The van der Waals surface area contributed by atoms with Crippen molar-refractivity contribution >= 4 is 11.6 Å². The van der Waals surface area contributed by atoms with Crippen LogP contribution in [0.3, 0.4) is 0 Å². The van der Waals surface area contributed by atoms with Crippen molar-refractivity contribution in [3.05, 3.63) is 22.2 Å². The number of nitrogens with zero attached hydrogens (tertiary/aromatic N) is 2. The van der Waals surface area contributed by atoms with Gasteiger partial charge in [0.25, 0.3) is 0 Å². The molecular weight excluding hydrogens is 198 g/mol. The molecule has 0 spiro atoms. The molecule has 14 heavy (non-hydrogen) atoms. The van der Waals surface area contributed by atoms with Gasteiger partial charge in [0.2, 0.25) is 0 Å². The number of halogens is 1. The zero-order valence-electron chi connectivity index (χ0n) is 8.31. The van der Waals surface area contributed by atoms with Gasteiger partial charge in [-0.3, -0.25) is 0 Å². The van der Waals surface area contributed by atoms with Crippen LogP contribution in [0, 0.1) is 0 Å². The van der Waals surface area contributed by atoms with Crippen LogP contribution in [-0.2, 0) is 19.4 Å². The predicted molar refractivity (Wildman–Crippen MR) is 56.4 cm³/mol. The summed E-state index contributed by atoms with van der Waals surface area (Å²) in [5, 5.41) is 3.94. The number of hydrogen-bond acceptors (Lipinski definition) is 3. The van der Waals surface area contributed by atoms with Crippen molar-refractivity contribution < 1.29 is 0 Å². The van der Waals surface area contributed by atoms with Gasteiger partial charge >= 0.3 is 0 Å². The van der Waals surface area contributed by atoms with Crippen LogP contribution in [0.1, 0.15) is 30.4 Å². The summed E-state index contributed by atoms with van der Waals surface area (Å²) in [6.07, 6.45) is 2.91. The second-order valence-corrected chi connectivity index (χ2v) is 3.89. The Morgan fingerprint density at radius 3 is 3.07 bits per heavy atom. The molecule has 0 aliphatic carbocycles. The molecule has 1 aromatic rings. The van der Waals surface area contributed by atoms with Crippen LogP contribution in [-0.4, -0.2) is 16.5 Å². The van der Waals surface area contributed by atoms with Crippen molar-refractivity contribution in [2.45, 2.75) is 32.7 Å². The van der Waals surface area contributed by atoms with Gasteiger partial charge in [-0.1, -0.05) is 18.5 Å². The van der Waals surface area contributed by atoms with E-state index in [1.165, 1.54) is 0 Å². The van der Waals surface area contributed by atoms with Crippen molar-refractivity contribution in [1.29, 1.82) is 0 Å². The third kappa shape index (κ3) is 1.88. The fourth-order valence-corrected chi connectivity index (χ4v) is 2.00. The maximum Gasteiger partial charge on any atom is 0.136 e. The van der Waals surface area contributed by atoms with Gasteiger partial charge < -0.3 is 5.32 Å². The molecular formula is C10H14ClN3. The topological polar surface area (TPSA) is 37.8 Å². The number of hydrogen-bond donors (Lipinski definition) is 1. The van der Waals surface area contributed by atoms with Crippen molar-refractivity contribution in [2.75, 3.05) is 6.54 Å². The average molecular weight is 212 g/mol. The molecule has 0 atom stereocenters. The van der Waals surface area contributed by atoms with Crippen LogP contribution in [0.25, 0.3) is 0 Å². The van der Waals surface area contributed by atoms with E-state index in [0.717, 1.165) is 49.4 Å². The summed E-state index contributed by atoms with van der Waals surface area (Å²) in [5.74, 6) is 0.875. The summed E-state index contributed by atoms with van der Waals surface area (Å²) in [5.41, 5.74) is 2.21. The molecule has 0 amide bonds. The molecule has 0 saturated heterocycles. The molecule has 76 valence electrons. The van der Waals surface area contributed by atoms with Crippen molar-refractivity contribution in [2.24, 2.45) is 0 Å². The van der Waals surface area contributed by atoms with Gasteiger partial charge in [-0.25, -0.2) is 9.97 Å². The number of aryl methyl sites for hydroxylation is 1. The minimum Gasteiger partial charge on any atom is -0.311 e. The van der Waals surface area contributed by atoms with Crippen LogP contribution in [0.5, 0.6) is 0 Å². The Kier molecular flexibility index (Phi) is 2.99. The van der Waals surface area contributed by atoms with Gasteiger partial charge in [0.05, 0.1) is 5.69 Å². The molecule has 0 saturated carbocycles. The largest absolute Gasteiger partial charge is 0.311 e. The lowest BCUT2D eigenvalue weighted by atomic mass is 10.1. The lowest BCUT2D eigenvalue weighted by molar-refractivity contribution is 0.615. The van der Waals surface area contributed by atoms with Gasteiger partial charge in [0.1, 0.15) is 11.0 Å². The fourth-order valence-electron chi connectivity index (χ4n) is 1.70. The summed E-state index contributed by atoms with van der Waals surface area (Å²) >= 11 is 6.10. The SMILES string of the molecule is CCCc1nc(Cl)c2c(n1)CNCC2. The van der Waals surface area contributed by atoms with Crippen molar-refractivity contribution in [3.63, 3.8) is 0 Å². The van der Waals surface area contributed by atoms with E-state index < -0.39 is 0 Å². The molecule has 1 aromatic heterocycles. The molecule has 0 unspecified atom stereocenters. The third-order valence-electron chi connectivity index (χ3n) is 2.41. The second-order valence-electron chi connectivity index (χ2n) is 3.53. The van der Waals surface area contributed by atoms with Gasteiger partial charge in [-0.05, 0) is 19.4 Å². The number of fused-ring (bicyclic) bond motifs is 1. The monoisotopic (exact) mass is 211 g/mol. The standard InChI is InChI=1S/C10H14ClN3/c1-2-3-9-13-8-6-12-5-4-7(8)10(11)14-9/h12H,2-6H2,1H3. The molecule has 3 nitrogen and oxygen atoms in total. The highest BCUT2D eigenvalue weighted by molar-refractivity contribution is 6.30. The van der Waals surface area contributed by atoms with E-state index in [1.807, 2.05) is 0 Å². The van der Waals surface area contributed by atoms with Crippen LogP contribution in [0.2, 0.25) is 5.15 Å². The molecule has 1 aliphatic heterocycles. The Hall–Kier alpha value is -0.670. The highest BCUT2D eigenvalue weighted by atomic mass is 35.5. The second kappa shape index (κ2) is 4.24. The van der Waals surface area contributed by atoms with Gasteiger partial charge in [-0.15, -0.1) is 0 Å². The molecule has 0 bridgehead atoms. The lowest BCUT2D eigenvalue weighted by Crippen LogP contribution is -2.26. The zero-order chi connectivity index (χ0) is 9.97. The molecule has 0 fully saturated rings. The van der Waals surface area contributed by atoms with E-state index in [1.54, 1.807) is 0 Å². The van der Waals surface area contributed by atoms with Crippen molar-refractivity contribution in [3.8, 4) is 0 Å². The molecule has 2 heterocycles. The van der Waals surface area contributed by atoms with E-state index in [-0.39, 0.29) is 0 Å². The molecule has 1 N–H and O–H groups in total. The number of aromatic nitrogens is 2. The molecule has 2 rings (SSSR count). The maximum absolute atomic E-state index is 6.10. The summed E-state index contributed by atoms with van der Waals surface area (Å²) < 4.78 is 0. The quantitative estimate of drug-likeness (QED) is 0.758. The van der Waals surface area contributed by atoms with Gasteiger partial charge in [0.15, 0.2) is 0 Å². The molecule has 1 aliphatic rings. The first kappa shape index (κ1) is 9.87. The summed E-state index contributed by atoms with van der Waals surface area (Å²) in [6, 6.07) is 0. The fraction of sp³-hybridized carbons (Fsp3) is 0.600. The smallest absolute Gasteiger partial charge is 0.136 e. The Balaban J connectivity index is 2.36. The van der Waals surface area contributed by atoms with Gasteiger partial charge in [0, 0.05) is 18.5 Å². The Bertz CT molecular complexity index is 338. The maximum atomic E-state index is 6.10. The first-order chi connectivity index (χ1) is 6.81. The first-order valence-corrected chi connectivity index (χ1v) is 5.44. The lowest BCUT2D eigenvalue weighted by Gasteiger charge is -2.17. The van der Waals surface area contributed by atoms with Crippen molar-refractivity contribution in [1.82, 2.24) is 15.3 Å². The van der Waals surface area contributed by atoms with Crippen LogP contribution >= 0.6 is 11.6 Å². The summed E-state index contributed by atoms with van der Waals surface area (Å²) in [7, 11) is 0. The van der Waals surface area contributed by atoms with Crippen LogP contribution in [0.15, 0.2) is 0 Å². The number of rotatable bonds is 2. The normalized spacial score (nSPS) is 15.3. The van der Waals surface area contributed by atoms with Crippen LogP contribution < -0.4 is 5.32 Å². The van der Waals surface area contributed by atoms with E-state index in [0.29, 0.717) is 5.15 Å². The highest BCUT2D eigenvalue weighted by Crippen LogP contribution is 2.20. The Morgan fingerprint density at radius 1 is 1.43 bits per heavy atom. The average Bonchev–Trinajstić information content (AvgIpc) is 2.18. The number of nitrogens with one attached hydrogen (secondary N) is 1. The predicted octanol–water partition coefficient (Wildman–Crippen LogP) is 1.73. The third-order valence-corrected chi connectivity index (χ3v) is 2.72. The minimum atomic E-state index is 0.653. The van der Waals surface area contributed by atoms with E-state index >= 15 is 0 Å². The molecule has 0 radical (unpaired) electrons. The van der Waals surface area contributed by atoms with Crippen LogP contribution in [0.4, 0.5) is 0 Å². The molecule has 0 aromatic carbocycles. The minimum absolute atomic E-state index is 0.653. The Labute approximate surface area is 88.9 Å². The van der Waals surface area contributed by atoms with E-state index in [4.69, 9.17) is 11.6 Å². The molecule has 4 heteroatoms. The van der Waals surface area contributed by atoms with E-state index in [9.17, 15) is 0 Å². The highest BCUT2D eigenvalue weighted by Gasteiger charge is 2.15. The first-order valence-electron chi connectivity index (χ1n) is 5.06. The zero-order valence-corrected chi connectivity index (χ0v) is 9.06. The Morgan fingerprint density at radius 2 is 2.29 bits per heavy atom.